The fourth-order valence-electron chi connectivity index (χ4n) is 3.52. The Morgan fingerprint density at radius 3 is 2.32 bits per heavy atom. The molecule has 6 heteroatoms. The first-order valence-corrected chi connectivity index (χ1v) is 11.5. The van der Waals surface area contributed by atoms with E-state index in [0.29, 0.717) is 22.9 Å². The van der Waals surface area contributed by atoms with E-state index in [4.69, 9.17) is 4.74 Å². The minimum absolute atomic E-state index is 0.0401. The van der Waals surface area contributed by atoms with Crippen molar-refractivity contribution < 1.29 is 14.3 Å². The number of carbonyl (C=O) groups is 2. The first-order valence-electron chi connectivity index (χ1n) is 10.8. The van der Waals surface area contributed by atoms with Crippen LogP contribution in [0.2, 0.25) is 0 Å². The van der Waals surface area contributed by atoms with Crippen LogP contribution < -0.4 is 10.1 Å². The second-order valence-electron chi connectivity index (χ2n) is 9.28. The number of hydrogen-bond acceptors (Lipinski definition) is 3. The highest BCUT2D eigenvalue weighted by molar-refractivity contribution is 9.10. The van der Waals surface area contributed by atoms with Gasteiger partial charge in [0.2, 0.25) is 0 Å². The van der Waals surface area contributed by atoms with Crippen molar-refractivity contribution in [3.63, 3.8) is 0 Å². The van der Waals surface area contributed by atoms with Crippen LogP contribution in [0.1, 0.15) is 56.5 Å². The number of hydrogen-bond donors (Lipinski definition) is 1. The number of nitrogens with zero attached hydrogens (tertiary/aromatic N) is 1. The van der Waals surface area contributed by atoms with Gasteiger partial charge >= 0.3 is 0 Å². The zero-order valence-electron chi connectivity index (χ0n) is 18.7. The zero-order valence-corrected chi connectivity index (χ0v) is 20.3. The van der Waals surface area contributed by atoms with Gasteiger partial charge in [0.1, 0.15) is 5.75 Å². The van der Waals surface area contributed by atoms with Crippen molar-refractivity contribution in [2.24, 2.45) is 5.92 Å². The molecule has 2 aromatic carbocycles. The van der Waals surface area contributed by atoms with Crippen molar-refractivity contribution in [3.05, 3.63) is 58.1 Å². The predicted molar refractivity (Wildman–Crippen MR) is 128 cm³/mol. The predicted octanol–water partition coefficient (Wildman–Crippen LogP) is 5.64. The number of carbonyl (C=O) groups excluding carboxylic acids is 2. The number of ether oxygens (including phenoxy) is 1. The van der Waals surface area contributed by atoms with Crippen LogP contribution in [0.5, 0.6) is 5.75 Å². The largest absolute Gasteiger partial charge is 0.483 e. The summed E-state index contributed by atoms with van der Waals surface area (Å²) >= 11 is 3.52. The van der Waals surface area contributed by atoms with Crippen molar-refractivity contribution in [1.82, 2.24) is 4.90 Å². The van der Waals surface area contributed by atoms with Crippen molar-refractivity contribution in [2.45, 2.75) is 46.0 Å². The SMILES string of the molecule is CC1CCN(C(=O)c2ccc(NC(=O)COc3ccc(C(C)(C)C)cc3Br)cc2)CC1. The lowest BCUT2D eigenvalue weighted by atomic mass is 9.87. The molecular weight excluding hydrogens is 456 g/mol. The van der Waals surface area contributed by atoms with Crippen LogP contribution in [-0.2, 0) is 10.2 Å². The normalized spacial score (nSPS) is 14.9. The highest BCUT2D eigenvalue weighted by atomic mass is 79.9. The third-order valence-corrected chi connectivity index (χ3v) is 6.26. The molecule has 5 nitrogen and oxygen atoms in total. The minimum Gasteiger partial charge on any atom is -0.483 e. The third-order valence-electron chi connectivity index (χ3n) is 5.64. The van der Waals surface area contributed by atoms with E-state index in [2.05, 4.69) is 48.9 Å². The topological polar surface area (TPSA) is 58.6 Å². The van der Waals surface area contributed by atoms with E-state index in [1.54, 1.807) is 24.3 Å². The van der Waals surface area contributed by atoms with Crippen molar-refractivity contribution in [1.29, 1.82) is 0 Å². The highest BCUT2D eigenvalue weighted by Crippen LogP contribution is 2.31. The summed E-state index contributed by atoms with van der Waals surface area (Å²) in [5, 5.41) is 2.81. The maximum atomic E-state index is 12.6. The maximum Gasteiger partial charge on any atom is 0.262 e. The lowest BCUT2D eigenvalue weighted by molar-refractivity contribution is -0.118. The summed E-state index contributed by atoms with van der Waals surface area (Å²) in [5.41, 5.74) is 2.51. The Morgan fingerprint density at radius 2 is 1.74 bits per heavy atom. The molecule has 0 unspecified atom stereocenters. The van der Waals surface area contributed by atoms with Crippen molar-refractivity contribution in [2.75, 3.05) is 25.0 Å². The molecular formula is C25H31BrN2O3. The van der Waals surface area contributed by atoms with Crippen LogP contribution >= 0.6 is 15.9 Å². The standard InChI is InChI=1S/C25H31BrN2O3/c1-17-11-13-28(14-12-17)24(30)18-5-8-20(9-6-18)27-23(29)16-31-22-10-7-19(15-21(22)26)25(2,3)4/h5-10,15,17H,11-14,16H2,1-4H3,(H,27,29). The Bertz CT molecular complexity index is 927. The lowest BCUT2D eigenvalue weighted by Gasteiger charge is -2.30. The number of anilines is 1. The summed E-state index contributed by atoms with van der Waals surface area (Å²) < 4.78 is 6.49. The number of nitrogens with one attached hydrogen (secondary N) is 1. The molecule has 0 bridgehead atoms. The van der Waals surface area contributed by atoms with Gasteiger partial charge in [-0.25, -0.2) is 0 Å². The van der Waals surface area contributed by atoms with E-state index in [-0.39, 0.29) is 23.8 Å². The average molecular weight is 487 g/mol. The van der Waals surface area contributed by atoms with Crippen LogP contribution in [0.25, 0.3) is 0 Å². The van der Waals surface area contributed by atoms with E-state index in [1.807, 2.05) is 23.1 Å². The van der Waals surface area contributed by atoms with E-state index in [0.717, 1.165) is 30.4 Å². The van der Waals surface area contributed by atoms with E-state index in [9.17, 15) is 9.59 Å². The molecule has 31 heavy (non-hydrogen) atoms. The molecule has 1 heterocycles. The number of likely N-dealkylation sites (tertiary alicyclic amines) is 1. The molecule has 1 aliphatic heterocycles. The molecule has 0 saturated carbocycles. The Kier molecular flexibility index (Phi) is 7.42. The number of amides is 2. The molecule has 1 saturated heterocycles. The van der Waals surface area contributed by atoms with Gasteiger partial charge in [0.15, 0.2) is 6.61 Å². The Balaban J connectivity index is 1.52. The van der Waals surface area contributed by atoms with Gasteiger partial charge in [-0.15, -0.1) is 0 Å². The Labute approximate surface area is 193 Å². The van der Waals surface area contributed by atoms with E-state index in [1.165, 1.54) is 5.56 Å². The smallest absolute Gasteiger partial charge is 0.262 e. The molecule has 166 valence electrons. The first-order chi connectivity index (χ1) is 14.6. The molecule has 1 N–H and O–H groups in total. The van der Waals surface area contributed by atoms with Gasteiger partial charge in [0.25, 0.3) is 11.8 Å². The van der Waals surface area contributed by atoms with Gasteiger partial charge in [0.05, 0.1) is 4.47 Å². The summed E-state index contributed by atoms with van der Waals surface area (Å²) in [6.45, 7) is 10.2. The summed E-state index contributed by atoms with van der Waals surface area (Å²) in [5.74, 6) is 1.11. The van der Waals surface area contributed by atoms with Crippen LogP contribution in [0.15, 0.2) is 46.9 Å². The fourth-order valence-corrected chi connectivity index (χ4v) is 4.01. The number of benzene rings is 2. The molecule has 0 radical (unpaired) electrons. The minimum atomic E-state index is -0.254. The Hall–Kier alpha value is -2.34. The maximum absolute atomic E-state index is 12.6. The van der Waals surface area contributed by atoms with E-state index >= 15 is 0 Å². The van der Waals surface area contributed by atoms with Gasteiger partial charge in [-0.2, -0.15) is 0 Å². The second kappa shape index (κ2) is 9.86. The first kappa shape index (κ1) is 23.3. The summed E-state index contributed by atoms with van der Waals surface area (Å²) in [6.07, 6.45) is 2.10. The zero-order chi connectivity index (χ0) is 22.6. The van der Waals surface area contributed by atoms with Crippen molar-refractivity contribution in [3.8, 4) is 5.75 Å². The number of piperidine rings is 1. The third kappa shape index (κ3) is 6.33. The van der Waals surface area contributed by atoms with Gasteiger partial charge in [-0.05, 0) is 82.1 Å². The molecule has 0 aromatic heterocycles. The molecule has 3 rings (SSSR count). The van der Waals surface area contributed by atoms with Gasteiger partial charge < -0.3 is 15.0 Å². The molecule has 0 spiro atoms. The monoisotopic (exact) mass is 486 g/mol. The molecule has 2 aromatic rings. The average Bonchev–Trinajstić information content (AvgIpc) is 2.73. The Morgan fingerprint density at radius 1 is 1.10 bits per heavy atom. The van der Waals surface area contributed by atoms with Crippen LogP contribution in [0.3, 0.4) is 0 Å². The quantitative estimate of drug-likeness (QED) is 0.594. The highest BCUT2D eigenvalue weighted by Gasteiger charge is 2.21. The van der Waals surface area contributed by atoms with Crippen LogP contribution in [0.4, 0.5) is 5.69 Å². The van der Waals surface area contributed by atoms with Crippen molar-refractivity contribution >= 4 is 33.4 Å². The lowest BCUT2D eigenvalue weighted by Crippen LogP contribution is -2.37. The molecule has 0 atom stereocenters. The molecule has 1 aliphatic rings. The molecule has 0 aliphatic carbocycles. The number of rotatable bonds is 5. The van der Waals surface area contributed by atoms with Gasteiger partial charge in [0, 0.05) is 24.3 Å². The van der Waals surface area contributed by atoms with Gasteiger partial charge in [-0.3, -0.25) is 9.59 Å². The molecule has 2 amide bonds. The van der Waals surface area contributed by atoms with Crippen LogP contribution in [-0.4, -0.2) is 36.4 Å². The fraction of sp³-hybridized carbons (Fsp3) is 0.440. The summed E-state index contributed by atoms with van der Waals surface area (Å²) in [6, 6.07) is 12.9. The number of halogens is 1. The van der Waals surface area contributed by atoms with E-state index < -0.39 is 0 Å². The summed E-state index contributed by atoms with van der Waals surface area (Å²) in [4.78, 5) is 26.8. The van der Waals surface area contributed by atoms with Crippen LogP contribution in [0, 0.1) is 5.92 Å². The second-order valence-corrected chi connectivity index (χ2v) is 10.1. The summed E-state index contributed by atoms with van der Waals surface area (Å²) in [7, 11) is 0. The molecule has 1 fully saturated rings. The van der Waals surface area contributed by atoms with Gasteiger partial charge in [-0.1, -0.05) is 33.8 Å².